The molecule has 0 N–H and O–H groups in total. The highest BCUT2D eigenvalue weighted by atomic mass is 16.2. The molecule has 0 saturated heterocycles. The second-order valence-corrected chi connectivity index (χ2v) is 2.90. The van der Waals surface area contributed by atoms with Crippen LogP contribution in [0.15, 0.2) is 14.4 Å². The van der Waals surface area contributed by atoms with E-state index in [0.29, 0.717) is 0 Å². The highest BCUT2D eigenvalue weighted by Crippen LogP contribution is 1.71. The molecule has 78 valence electrons. The molecule has 1 heterocycles. The van der Waals surface area contributed by atoms with Crippen molar-refractivity contribution in [3.05, 3.63) is 31.5 Å². The number of aromatic nitrogens is 3. The van der Waals surface area contributed by atoms with E-state index in [2.05, 4.69) is 0 Å². The molecule has 6 heteroatoms. The van der Waals surface area contributed by atoms with Gasteiger partial charge in [-0.2, -0.15) is 0 Å². The van der Waals surface area contributed by atoms with E-state index in [4.69, 9.17) is 0 Å². The van der Waals surface area contributed by atoms with E-state index in [0.717, 1.165) is 13.7 Å². The van der Waals surface area contributed by atoms with Crippen molar-refractivity contribution in [1.29, 1.82) is 0 Å². The van der Waals surface area contributed by atoms with E-state index < -0.39 is 17.1 Å². The summed E-state index contributed by atoms with van der Waals surface area (Å²) in [5.41, 5.74) is -1.66. The molecular formula is C8H13N3O3. The van der Waals surface area contributed by atoms with Crippen molar-refractivity contribution in [2.45, 2.75) is 26.9 Å². The molecule has 0 aromatic carbocycles. The third-order valence-corrected chi connectivity index (χ3v) is 2.13. The lowest BCUT2D eigenvalue weighted by Gasteiger charge is -2.07. The average molecular weight is 199 g/mol. The summed E-state index contributed by atoms with van der Waals surface area (Å²) in [6.45, 7) is 3.91. The Kier molecular flexibility index (Phi) is 2.73. The van der Waals surface area contributed by atoms with Crippen LogP contribution in [0.25, 0.3) is 0 Å². The van der Waals surface area contributed by atoms with E-state index in [9.17, 15) is 14.4 Å². The van der Waals surface area contributed by atoms with Gasteiger partial charge < -0.3 is 0 Å². The van der Waals surface area contributed by atoms with Crippen molar-refractivity contribution in [1.82, 2.24) is 13.7 Å². The van der Waals surface area contributed by atoms with Crippen LogP contribution in [0.3, 0.4) is 0 Å². The number of hydrogen-bond donors (Lipinski definition) is 0. The Bertz CT molecular complexity index is 464. The Hall–Kier alpha value is -1.59. The normalized spacial score (nSPS) is 10.5. The van der Waals surface area contributed by atoms with Gasteiger partial charge in [0.05, 0.1) is 0 Å². The maximum absolute atomic E-state index is 11.5. The van der Waals surface area contributed by atoms with Crippen molar-refractivity contribution >= 4 is 0 Å². The lowest BCUT2D eigenvalue weighted by Crippen LogP contribution is -2.53. The summed E-state index contributed by atoms with van der Waals surface area (Å²) >= 11 is 0. The van der Waals surface area contributed by atoms with Crippen LogP contribution in [-0.4, -0.2) is 13.7 Å². The van der Waals surface area contributed by atoms with Crippen LogP contribution >= 0.6 is 0 Å². The molecule has 0 spiro atoms. The summed E-state index contributed by atoms with van der Waals surface area (Å²) in [5, 5.41) is 0. The first-order valence-electron chi connectivity index (χ1n) is 4.45. The maximum Gasteiger partial charge on any atom is 0.336 e. The first kappa shape index (κ1) is 10.5. The zero-order valence-corrected chi connectivity index (χ0v) is 8.48. The van der Waals surface area contributed by atoms with Gasteiger partial charge in [-0.1, -0.05) is 0 Å². The SMILES string of the molecule is CCn1c(=O)n(C)c(=O)n(CC)c1=O. The van der Waals surface area contributed by atoms with Gasteiger partial charge in [0.15, 0.2) is 0 Å². The summed E-state index contributed by atoms with van der Waals surface area (Å²) in [6, 6.07) is 0. The summed E-state index contributed by atoms with van der Waals surface area (Å²) in [5.74, 6) is 0. The quantitative estimate of drug-likeness (QED) is 0.597. The van der Waals surface area contributed by atoms with Crippen LogP contribution in [0, 0.1) is 0 Å². The van der Waals surface area contributed by atoms with Gasteiger partial charge >= 0.3 is 17.1 Å². The molecule has 0 amide bonds. The Balaban J connectivity index is 3.84. The van der Waals surface area contributed by atoms with E-state index in [1.807, 2.05) is 0 Å². The van der Waals surface area contributed by atoms with Gasteiger partial charge in [-0.25, -0.2) is 28.1 Å². The highest BCUT2D eigenvalue weighted by molar-refractivity contribution is 4.76. The van der Waals surface area contributed by atoms with Crippen molar-refractivity contribution in [3.63, 3.8) is 0 Å². The van der Waals surface area contributed by atoms with Crippen LogP contribution in [0.4, 0.5) is 0 Å². The van der Waals surface area contributed by atoms with Gasteiger partial charge in [0.25, 0.3) is 0 Å². The predicted molar refractivity (Wildman–Crippen MR) is 51.6 cm³/mol. The smallest absolute Gasteiger partial charge is 0.248 e. The summed E-state index contributed by atoms with van der Waals surface area (Å²) in [7, 11) is 1.36. The Morgan fingerprint density at radius 1 is 0.857 bits per heavy atom. The van der Waals surface area contributed by atoms with Gasteiger partial charge in [0.1, 0.15) is 0 Å². The first-order chi connectivity index (χ1) is 6.54. The second kappa shape index (κ2) is 3.65. The minimum atomic E-state index is -0.563. The molecule has 1 aromatic rings. The first-order valence-corrected chi connectivity index (χ1v) is 4.45. The van der Waals surface area contributed by atoms with Gasteiger partial charge in [-0.15, -0.1) is 0 Å². The fraction of sp³-hybridized carbons (Fsp3) is 0.625. The van der Waals surface area contributed by atoms with Crippen molar-refractivity contribution < 1.29 is 0 Å². The third-order valence-electron chi connectivity index (χ3n) is 2.13. The van der Waals surface area contributed by atoms with Gasteiger partial charge in [-0.3, -0.25) is 0 Å². The number of nitrogens with zero attached hydrogens (tertiary/aromatic N) is 3. The van der Waals surface area contributed by atoms with Crippen LogP contribution in [0.2, 0.25) is 0 Å². The number of rotatable bonds is 2. The average Bonchev–Trinajstić information content (AvgIpc) is 2.16. The zero-order chi connectivity index (χ0) is 10.9. The van der Waals surface area contributed by atoms with Crippen LogP contribution in [0.1, 0.15) is 13.8 Å². The van der Waals surface area contributed by atoms with E-state index in [-0.39, 0.29) is 13.1 Å². The highest BCUT2D eigenvalue weighted by Gasteiger charge is 2.09. The molecular weight excluding hydrogens is 186 g/mol. The van der Waals surface area contributed by atoms with Gasteiger partial charge in [0, 0.05) is 20.1 Å². The molecule has 14 heavy (non-hydrogen) atoms. The Morgan fingerprint density at radius 3 is 1.50 bits per heavy atom. The summed E-state index contributed by atoms with van der Waals surface area (Å²) in [6.07, 6.45) is 0. The minimum absolute atomic E-state index is 0.270. The predicted octanol–water partition coefficient (Wildman–Crippen LogP) is -1.25. The second-order valence-electron chi connectivity index (χ2n) is 2.90. The molecule has 6 nitrogen and oxygen atoms in total. The van der Waals surface area contributed by atoms with Gasteiger partial charge in [0.2, 0.25) is 0 Å². The van der Waals surface area contributed by atoms with Crippen molar-refractivity contribution in [2.75, 3.05) is 0 Å². The van der Waals surface area contributed by atoms with Crippen LogP contribution in [-0.2, 0) is 20.1 Å². The van der Waals surface area contributed by atoms with Gasteiger partial charge in [-0.05, 0) is 13.8 Å². The minimum Gasteiger partial charge on any atom is -0.248 e. The largest absolute Gasteiger partial charge is 0.336 e. The number of hydrogen-bond acceptors (Lipinski definition) is 3. The molecule has 0 radical (unpaired) electrons. The molecule has 0 saturated carbocycles. The standard InChI is InChI=1S/C8H13N3O3/c1-4-10-6(12)9(3)7(13)11(5-2)8(10)14/h4-5H2,1-3H3. The summed E-state index contributed by atoms with van der Waals surface area (Å²) in [4.78, 5) is 34.4. The third kappa shape index (κ3) is 1.32. The van der Waals surface area contributed by atoms with E-state index >= 15 is 0 Å². The topological polar surface area (TPSA) is 66.0 Å². The van der Waals surface area contributed by atoms with Crippen LogP contribution in [0.5, 0.6) is 0 Å². The van der Waals surface area contributed by atoms with E-state index in [1.165, 1.54) is 7.05 Å². The molecule has 0 fully saturated rings. The molecule has 0 atom stereocenters. The fourth-order valence-corrected chi connectivity index (χ4v) is 1.29. The maximum atomic E-state index is 11.5. The molecule has 1 aromatic heterocycles. The van der Waals surface area contributed by atoms with E-state index in [1.54, 1.807) is 13.8 Å². The monoisotopic (exact) mass is 199 g/mol. The fourth-order valence-electron chi connectivity index (χ4n) is 1.29. The Labute approximate surface area is 80.0 Å². The molecule has 0 aliphatic heterocycles. The summed E-state index contributed by atoms with van der Waals surface area (Å²) < 4.78 is 3.00. The lowest BCUT2D eigenvalue weighted by molar-refractivity contribution is 0.493. The van der Waals surface area contributed by atoms with Crippen molar-refractivity contribution in [2.24, 2.45) is 7.05 Å². The Morgan fingerprint density at radius 2 is 1.21 bits per heavy atom. The van der Waals surface area contributed by atoms with Crippen molar-refractivity contribution in [3.8, 4) is 0 Å². The molecule has 0 aliphatic rings. The molecule has 0 unspecified atom stereocenters. The molecule has 1 rings (SSSR count). The lowest BCUT2D eigenvalue weighted by atomic mass is 10.6. The zero-order valence-electron chi connectivity index (χ0n) is 8.48. The molecule has 0 aliphatic carbocycles. The van der Waals surface area contributed by atoms with Crippen LogP contribution < -0.4 is 17.1 Å². The molecule has 0 bridgehead atoms.